The van der Waals surface area contributed by atoms with Gasteiger partial charge in [0.1, 0.15) is 0 Å². The fraction of sp³-hybridized carbons (Fsp3) is 0.125. The van der Waals surface area contributed by atoms with E-state index in [1.807, 2.05) is 30.3 Å². The third-order valence-corrected chi connectivity index (χ3v) is 3.76. The number of carbonyl (C=O) groups is 1. The molecular weight excluding hydrogens is 293 g/mol. The molecule has 4 heteroatoms. The number of ketones is 1. The molecular formula is C16H11Cl2NO. The monoisotopic (exact) mass is 303 g/mol. The van der Waals surface area contributed by atoms with Crippen molar-refractivity contribution in [2.75, 3.05) is 0 Å². The summed E-state index contributed by atoms with van der Waals surface area (Å²) >= 11 is 11.8. The fourth-order valence-electron chi connectivity index (χ4n) is 1.99. The molecule has 0 aliphatic carbocycles. The van der Waals surface area contributed by atoms with E-state index >= 15 is 0 Å². The van der Waals surface area contributed by atoms with Crippen molar-refractivity contribution in [1.82, 2.24) is 0 Å². The van der Waals surface area contributed by atoms with Crippen LogP contribution in [0.4, 0.5) is 0 Å². The van der Waals surface area contributed by atoms with E-state index in [4.69, 9.17) is 28.5 Å². The normalized spacial score (nSPS) is 11.7. The Labute approximate surface area is 127 Å². The number of halogens is 2. The lowest BCUT2D eigenvalue weighted by Gasteiger charge is -2.13. The Bertz CT molecular complexity index is 662. The summed E-state index contributed by atoms with van der Waals surface area (Å²) in [6, 6.07) is 16.1. The molecule has 0 aliphatic heterocycles. The van der Waals surface area contributed by atoms with Gasteiger partial charge in [0.05, 0.1) is 22.0 Å². The second-order valence-corrected chi connectivity index (χ2v) is 5.13. The summed E-state index contributed by atoms with van der Waals surface area (Å²) in [5.74, 6) is -0.616. The van der Waals surface area contributed by atoms with E-state index in [0.29, 0.717) is 15.6 Å². The molecule has 1 unspecified atom stereocenters. The standard InChI is InChI=1S/C16H11Cl2NO/c17-14-7-6-12(10-15(14)18)16(20)13(8-9-19)11-4-2-1-3-5-11/h1-7,10,13H,8H2. The number of benzene rings is 2. The molecule has 0 spiro atoms. The lowest BCUT2D eigenvalue weighted by atomic mass is 9.88. The molecule has 0 saturated heterocycles. The second kappa shape index (κ2) is 6.56. The van der Waals surface area contributed by atoms with Crippen LogP contribution in [0.15, 0.2) is 48.5 Å². The van der Waals surface area contributed by atoms with Crippen LogP contribution in [0.1, 0.15) is 28.3 Å². The zero-order valence-electron chi connectivity index (χ0n) is 10.5. The zero-order chi connectivity index (χ0) is 14.5. The van der Waals surface area contributed by atoms with Crippen molar-refractivity contribution in [3.63, 3.8) is 0 Å². The molecule has 0 saturated carbocycles. The minimum absolute atomic E-state index is 0.128. The van der Waals surface area contributed by atoms with Gasteiger partial charge in [-0.2, -0.15) is 5.26 Å². The van der Waals surface area contributed by atoms with E-state index in [9.17, 15) is 4.79 Å². The number of rotatable bonds is 4. The van der Waals surface area contributed by atoms with Crippen LogP contribution in [0.5, 0.6) is 0 Å². The van der Waals surface area contributed by atoms with Gasteiger partial charge in [0.25, 0.3) is 0 Å². The largest absolute Gasteiger partial charge is 0.293 e. The zero-order valence-corrected chi connectivity index (χ0v) is 12.0. The Morgan fingerprint density at radius 2 is 1.80 bits per heavy atom. The molecule has 20 heavy (non-hydrogen) atoms. The first-order valence-corrected chi connectivity index (χ1v) is 6.80. The van der Waals surface area contributed by atoms with Gasteiger partial charge in [-0.15, -0.1) is 0 Å². The van der Waals surface area contributed by atoms with Gasteiger partial charge in [-0.1, -0.05) is 53.5 Å². The number of nitriles is 1. The number of carbonyl (C=O) groups excluding carboxylic acids is 1. The van der Waals surface area contributed by atoms with Crippen molar-refractivity contribution in [2.24, 2.45) is 0 Å². The molecule has 0 bridgehead atoms. The maximum absolute atomic E-state index is 12.5. The quantitative estimate of drug-likeness (QED) is 0.756. The number of Topliss-reactive ketones (excluding diaryl/α,β-unsaturated/α-hetero) is 1. The van der Waals surface area contributed by atoms with Crippen molar-refractivity contribution in [3.8, 4) is 6.07 Å². The summed E-state index contributed by atoms with van der Waals surface area (Å²) in [6.07, 6.45) is 0.128. The van der Waals surface area contributed by atoms with E-state index in [-0.39, 0.29) is 12.2 Å². The Balaban J connectivity index is 2.37. The van der Waals surface area contributed by atoms with Gasteiger partial charge in [0.15, 0.2) is 5.78 Å². The predicted molar refractivity (Wildman–Crippen MR) is 80.2 cm³/mol. The third-order valence-electron chi connectivity index (χ3n) is 3.02. The van der Waals surface area contributed by atoms with E-state index in [0.717, 1.165) is 5.56 Å². The van der Waals surface area contributed by atoms with Crippen LogP contribution in [0.3, 0.4) is 0 Å². The van der Waals surface area contributed by atoms with Crippen LogP contribution < -0.4 is 0 Å². The first-order chi connectivity index (χ1) is 9.63. The lowest BCUT2D eigenvalue weighted by Crippen LogP contribution is -2.12. The Morgan fingerprint density at radius 3 is 2.40 bits per heavy atom. The average Bonchev–Trinajstić information content (AvgIpc) is 2.48. The molecule has 1 atom stereocenters. The summed E-state index contributed by atoms with van der Waals surface area (Å²) < 4.78 is 0. The van der Waals surface area contributed by atoms with Gasteiger partial charge >= 0.3 is 0 Å². The Kier molecular flexibility index (Phi) is 4.79. The molecule has 0 heterocycles. The van der Waals surface area contributed by atoms with Gasteiger partial charge in [-0.3, -0.25) is 4.79 Å². The molecule has 0 aliphatic rings. The Hall–Kier alpha value is -1.82. The summed E-state index contributed by atoms with van der Waals surface area (Å²) in [4.78, 5) is 12.5. The molecule has 0 amide bonds. The number of hydrogen-bond donors (Lipinski definition) is 0. The highest BCUT2D eigenvalue weighted by molar-refractivity contribution is 6.42. The number of nitrogens with zero attached hydrogens (tertiary/aromatic N) is 1. The SMILES string of the molecule is N#CCC(C(=O)c1ccc(Cl)c(Cl)c1)c1ccccc1. The summed E-state index contributed by atoms with van der Waals surface area (Å²) in [5, 5.41) is 9.68. The third kappa shape index (κ3) is 3.19. The molecule has 2 nitrogen and oxygen atoms in total. The van der Waals surface area contributed by atoms with E-state index in [1.54, 1.807) is 18.2 Å². The first-order valence-electron chi connectivity index (χ1n) is 6.04. The summed E-state index contributed by atoms with van der Waals surface area (Å²) in [5.41, 5.74) is 1.29. The molecule has 0 fully saturated rings. The molecule has 2 aromatic rings. The van der Waals surface area contributed by atoms with Crippen LogP contribution in [-0.2, 0) is 0 Å². The van der Waals surface area contributed by atoms with Crippen LogP contribution in [0, 0.1) is 11.3 Å². The van der Waals surface area contributed by atoms with Crippen LogP contribution >= 0.6 is 23.2 Å². The second-order valence-electron chi connectivity index (χ2n) is 4.32. The minimum atomic E-state index is -0.488. The smallest absolute Gasteiger partial charge is 0.171 e. The molecule has 0 N–H and O–H groups in total. The highest BCUT2D eigenvalue weighted by Crippen LogP contribution is 2.28. The van der Waals surface area contributed by atoms with Crippen molar-refractivity contribution >= 4 is 29.0 Å². The summed E-state index contributed by atoms with van der Waals surface area (Å²) in [7, 11) is 0. The Morgan fingerprint density at radius 1 is 1.10 bits per heavy atom. The van der Waals surface area contributed by atoms with Crippen molar-refractivity contribution in [2.45, 2.75) is 12.3 Å². The van der Waals surface area contributed by atoms with Gasteiger partial charge in [0, 0.05) is 12.0 Å². The molecule has 2 rings (SSSR count). The molecule has 0 aromatic heterocycles. The first kappa shape index (κ1) is 14.6. The van der Waals surface area contributed by atoms with E-state index < -0.39 is 5.92 Å². The summed E-state index contributed by atoms with van der Waals surface area (Å²) in [6.45, 7) is 0. The van der Waals surface area contributed by atoms with Gasteiger partial charge < -0.3 is 0 Å². The maximum Gasteiger partial charge on any atom is 0.171 e. The van der Waals surface area contributed by atoms with E-state index in [1.165, 1.54) is 0 Å². The topological polar surface area (TPSA) is 40.9 Å². The van der Waals surface area contributed by atoms with Gasteiger partial charge in [-0.25, -0.2) is 0 Å². The molecule has 0 radical (unpaired) electrons. The van der Waals surface area contributed by atoms with Crippen LogP contribution in [0.25, 0.3) is 0 Å². The van der Waals surface area contributed by atoms with Crippen molar-refractivity contribution in [3.05, 3.63) is 69.7 Å². The molecule has 100 valence electrons. The fourth-order valence-corrected chi connectivity index (χ4v) is 2.29. The minimum Gasteiger partial charge on any atom is -0.293 e. The van der Waals surface area contributed by atoms with Crippen molar-refractivity contribution < 1.29 is 4.79 Å². The number of hydrogen-bond acceptors (Lipinski definition) is 2. The van der Waals surface area contributed by atoms with Crippen LogP contribution in [0.2, 0.25) is 10.0 Å². The maximum atomic E-state index is 12.5. The highest BCUT2D eigenvalue weighted by Gasteiger charge is 2.22. The predicted octanol–water partition coefficient (Wildman–Crippen LogP) is 4.87. The average molecular weight is 304 g/mol. The van der Waals surface area contributed by atoms with Gasteiger partial charge in [-0.05, 0) is 23.8 Å². The molecule has 2 aromatic carbocycles. The highest BCUT2D eigenvalue weighted by atomic mass is 35.5. The van der Waals surface area contributed by atoms with Gasteiger partial charge in [0.2, 0.25) is 0 Å². The van der Waals surface area contributed by atoms with Crippen molar-refractivity contribution in [1.29, 1.82) is 5.26 Å². The lowest BCUT2D eigenvalue weighted by molar-refractivity contribution is 0.0960. The van der Waals surface area contributed by atoms with Crippen LogP contribution in [-0.4, -0.2) is 5.78 Å². The van der Waals surface area contributed by atoms with E-state index in [2.05, 4.69) is 6.07 Å².